The van der Waals surface area contributed by atoms with Gasteiger partial charge >= 0.3 is 0 Å². The molecule has 0 heterocycles. The second-order valence-electron chi connectivity index (χ2n) is 8.88. The van der Waals surface area contributed by atoms with Crippen LogP contribution < -0.4 is 5.32 Å². The van der Waals surface area contributed by atoms with Gasteiger partial charge in [0.25, 0.3) is 0 Å². The molecule has 0 radical (unpaired) electrons. The monoisotopic (exact) mass is 381 g/mol. The molecular weight excluding hydrogens is 326 g/mol. The Kier molecular flexibility index (Phi) is 25.9. The van der Waals surface area contributed by atoms with E-state index in [0.717, 1.165) is 0 Å². The third-order valence-electron chi connectivity index (χ3n) is 6.03. The van der Waals surface area contributed by atoms with Crippen LogP contribution in [0.25, 0.3) is 0 Å². The van der Waals surface area contributed by atoms with Crippen molar-refractivity contribution in [2.45, 2.75) is 155 Å². The van der Waals surface area contributed by atoms with Gasteiger partial charge in [-0.2, -0.15) is 0 Å². The van der Waals surface area contributed by atoms with E-state index in [2.05, 4.69) is 19.3 Å². The first-order valence-corrected chi connectivity index (χ1v) is 13.1. The predicted molar refractivity (Wildman–Crippen MR) is 126 cm³/mol. The fourth-order valence-electron chi connectivity index (χ4n) is 4.09. The third-order valence-corrected chi connectivity index (χ3v) is 6.03. The summed E-state index contributed by atoms with van der Waals surface area (Å²) in [6, 6.07) is 0. The molecule has 27 heavy (non-hydrogen) atoms. The summed E-state index contributed by atoms with van der Waals surface area (Å²) in [4.78, 5) is 0. The molecule has 0 fully saturated rings. The minimum atomic E-state index is 1.19. The molecule has 0 aromatic rings. The Morgan fingerprint density at radius 2 is 0.556 bits per heavy atom. The second-order valence-corrected chi connectivity index (χ2v) is 8.88. The van der Waals surface area contributed by atoms with E-state index in [4.69, 9.17) is 0 Å². The standard InChI is InChI=1S/C26H55N/c1-3-4-5-6-7-8-9-10-11-12-13-14-15-16-17-18-19-20-21-22-23-24-25-26-27-2/h27H,3-26H2,1-2H3. The Morgan fingerprint density at radius 3 is 0.778 bits per heavy atom. The first-order valence-electron chi connectivity index (χ1n) is 13.1. The molecule has 0 rings (SSSR count). The number of unbranched alkanes of at least 4 members (excludes halogenated alkanes) is 22. The summed E-state index contributed by atoms with van der Waals surface area (Å²) in [7, 11) is 2.05. The fourth-order valence-corrected chi connectivity index (χ4v) is 4.09. The van der Waals surface area contributed by atoms with Gasteiger partial charge in [0.15, 0.2) is 0 Å². The van der Waals surface area contributed by atoms with E-state index < -0.39 is 0 Å². The van der Waals surface area contributed by atoms with E-state index >= 15 is 0 Å². The zero-order chi connectivity index (χ0) is 19.7. The maximum absolute atomic E-state index is 3.23. The molecule has 0 aromatic heterocycles. The Labute approximate surface area is 173 Å². The molecule has 0 bridgehead atoms. The van der Waals surface area contributed by atoms with Crippen LogP contribution in [0, 0.1) is 0 Å². The molecule has 0 amide bonds. The van der Waals surface area contributed by atoms with Crippen molar-refractivity contribution in [3.63, 3.8) is 0 Å². The van der Waals surface area contributed by atoms with Crippen LogP contribution in [-0.4, -0.2) is 13.6 Å². The highest BCUT2D eigenvalue weighted by Crippen LogP contribution is 2.15. The molecule has 0 atom stereocenters. The van der Waals surface area contributed by atoms with Gasteiger partial charge in [-0.05, 0) is 20.0 Å². The minimum absolute atomic E-state index is 1.19. The van der Waals surface area contributed by atoms with Crippen molar-refractivity contribution in [2.75, 3.05) is 13.6 Å². The molecule has 1 N–H and O–H groups in total. The number of nitrogens with one attached hydrogen (secondary N) is 1. The summed E-state index contributed by atoms with van der Waals surface area (Å²) in [6.45, 7) is 3.50. The van der Waals surface area contributed by atoms with Crippen molar-refractivity contribution in [1.82, 2.24) is 5.32 Å². The van der Waals surface area contributed by atoms with Crippen LogP contribution in [0.4, 0.5) is 0 Å². The Bertz CT molecular complexity index is 214. The second kappa shape index (κ2) is 26.0. The SMILES string of the molecule is CCCCCCCCCCCCCCCCCCCCCCCCCNC. The van der Waals surface area contributed by atoms with Gasteiger partial charge in [0, 0.05) is 0 Å². The lowest BCUT2D eigenvalue weighted by molar-refractivity contribution is 0.517. The van der Waals surface area contributed by atoms with Crippen molar-refractivity contribution < 1.29 is 0 Å². The van der Waals surface area contributed by atoms with Crippen LogP contribution in [0.2, 0.25) is 0 Å². The topological polar surface area (TPSA) is 12.0 Å². The molecular formula is C26H55N. The van der Waals surface area contributed by atoms with Gasteiger partial charge in [0.1, 0.15) is 0 Å². The van der Waals surface area contributed by atoms with Crippen LogP contribution in [-0.2, 0) is 0 Å². The van der Waals surface area contributed by atoms with Gasteiger partial charge in [-0.1, -0.05) is 148 Å². The summed E-state index contributed by atoms with van der Waals surface area (Å²) in [5.74, 6) is 0. The van der Waals surface area contributed by atoms with E-state index in [1.54, 1.807) is 0 Å². The molecule has 0 saturated heterocycles. The normalized spacial score (nSPS) is 11.3. The van der Waals surface area contributed by atoms with Gasteiger partial charge in [0.2, 0.25) is 0 Å². The van der Waals surface area contributed by atoms with E-state index in [1.807, 2.05) is 0 Å². The quantitative estimate of drug-likeness (QED) is 0.164. The predicted octanol–water partition coefficient (Wildman–Crippen LogP) is 9.20. The first kappa shape index (κ1) is 27.0. The third kappa shape index (κ3) is 26.0. The zero-order valence-electron chi connectivity index (χ0n) is 19.5. The lowest BCUT2D eigenvalue weighted by Gasteiger charge is -2.04. The molecule has 164 valence electrons. The lowest BCUT2D eigenvalue weighted by Crippen LogP contribution is -2.06. The highest BCUT2D eigenvalue weighted by atomic mass is 14.8. The fraction of sp³-hybridized carbons (Fsp3) is 1.00. The van der Waals surface area contributed by atoms with E-state index in [0.29, 0.717) is 0 Å². The van der Waals surface area contributed by atoms with Crippen molar-refractivity contribution in [3.05, 3.63) is 0 Å². The van der Waals surface area contributed by atoms with Gasteiger partial charge < -0.3 is 5.32 Å². The lowest BCUT2D eigenvalue weighted by atomic mass is 10.0. The van der Waals surface area contributed by atoms with Crippen molar-refractivity contribution >= 4 is 0 Å². The molecule has 0 unspecified atom stereocenters. The number of hydrogen-bond acceptors (Lipinski definition) is 1. The maximum atomic E-state index is 3.23. The summed E-state index contributed by atoms with van der Waals surface area (Å²) in [6.07, 6.45) is 33.7. The summed E-state index contributed by atoms with van der Waals surface area (Å²) in [5.41, 5.74) is 0. The van der Waals surface area contributed by atoms with Crippen molar-refractivity contribution in [1.29, 1.82) is 0 Å². The summed E-state index contributed by atoms with van der Waals surface area (Å²) < 4.78 is 0. The van der Waals surface area contributed by atoms with Crippen LogP contribution in [0.15, 0.2) is 0 Å². The Morgan fingerprint density at radius 1 is 0.333 bits per heavy atom. The highest BCUT2D eigenvalue weighted by Gasteiger charge is 1.95. The van der Waals surface area contributed by atoms with Crippen LogP contribution >= 0.6 is 0 Å². The van der Waals surface area contributed by atoms with Crippen molar-refractivity contribution in [2.24, 2.45) is 0 Å². The number of rotatable bonds is 24. The first-order chi connectivity index (χ1) is 13.4. The molecule has 1 nitrogen and oxygen atoms in total. The van der Waals surface area contributed by atoms with Gasteiger partial charge in [0.05, 0.1) is 0 Å². The van der Waals surface area contributed by atoms with Gasteiger partial charge in [-0.3, -0.25) is 0 Å². The van der Waals surface area contributed by atoms with E-state index in [9.17, 15) is 0 Å². The highest BCUT2D eigenvalue weighted by molar-refractivity contribution is 4.51. The molecule has 0 aromatic carbocycles. The average molecular weight is 382 g/mol. The largest absolute Gasteiger partial charge is 0.320 e. The van der Waals surface area contributed by atoms with E-state index in [-0.39, 0.29) is 0 Å². The molecule has 0 spiro atoms. The zero-order valence-corrected chi connectivity index (χ0v) is 19.5. The molecule has 0 aliphatic carbocycles. The minimum Gasteiger partial charge on any atom is -0.320 e. The van der Waals surface area contributed by atoms with Gasteiger partial charge in [-0.15, -0.1) is 0 Å². The van der Waals surface area contributed by atoms with E-state index in [1.165, 1.54) is 154 Å². The Hall–Kier alpha value is -0.0400. The summed E-state index contributed by atoms with van der Waals surface area (Å²) >= 11 is 0. The van der Waals surface area contributed by atoms with Gasteiger partial charge in [-0.25, -0.2) is 0 Å². The smallest absolute Gasteiger partial charge is 0.00519 e. The molecule has 0 aliphatic heterocycles. The van der Waals surface area contributed by atoms with Crippen molar-refractivity contribution in [3.8, 4) is 0 Å². The van der Waals surface area contributed by atoms with Crippen LogP contribution in [0.5, 0.6) is 0 Å². The molecule has 0 saturated carbocycles. The molecule has 0 aliphatic rings. The maximum Gasteiger partial charge on any atom is -0.00519 e. The van der Waals surface area contributed by atoms with Crippen LogP contribution in [0.1, 0.15) is 155 Å². The number of hydrogen-bond donors (Lipinski definition) is 1. The average Bonchev–Trinajstić information content (AvgIpc) is 2.68. The Balaban J connectivity index is 2.95. The van der Waals surface area contributed by atoms with Crippen LogP contribution in [0.3, 0.4) is 0 Å². The molecule has 1 heteroatoms. The summed E-state index contributed by atoms with van der Waals surface area (Å²) in [5, 5.41) is 3.23.